The van der Waals surface area contributed by atoms with E-state index in [1.54, 1.807) is 24.1 Å². The van der Waals surface area contributed by atoms with Gasteiger partial charge in [0, 0.05) is 5.70 Å². The maximum Gasteiger partial charge on any atom is 0.322 e. The third-order valence-electron chi connectivity index (χ3n) is 5.68. The quantitative estimate of drug-likeness (QED) is 0.389. The van der Waals surface area contributed by atoms with Crippen LogP contribution in [0.4, 0.5) is 9.18 Å². The molecule has 34 heavy (non-hydrogen) atoms. The van der Waals surface area contributed by atoms with Gasteiger partial charge in [0.2, 0.25) is 5.82 Å². The molecule has 4 aromatic rings. The zero-order valence-electron chi connectivity index (χ0n) is 18.5. The van der Waals surface area contributed by atoms with Crippen molar-refractivity contribution < 1.29 is 18.4 Å². The second-order valence-corrected chi connectivity index (χ2v) is 8.72. The largest absolute Gasteiger partial charge is 0.497 e. The molecule has 9 heteroatoms. The van der Waals surface area contributed by atoms with Crippen molar-refractivity contribution in [3.05, 3.63) is 94.6 Å². The number of allylic oxidation sites excluding steroid dienone is 1. The average molecular weight is 477 g/mol. The zero-order valence-corrected chi connectivity index (χ0v) is 19.3. The first-order valence-corrected chi connectivity index (χ1v) is 11.5. The number of nitrogens with one attached hydrogen (secondary N) is 1. The molecule has 1 aliphatic rings. The number of nitrogens with zero attached hydrogens (tertiary/aromatic N) is 3. The number of methoxy groups -OCH3 is 1. The maximum atomic E-state index is 14.1. The number of thiophene rings is 1. The Kier molecular flexibility index (Phi) is 5.85. The Morgan fingerprint density at radius 2 is 2.00 bits per heavy atom. The Balaban J connectivity index is 1.58. The summed E-state index contributed by atoms with van der Waals surface area (Å²) in [5, 5.41) is 9.05. The van der Waals surface area contributed by atoms with E-state index in [4.69, 9.17) is 9.26 Å². The summed E-state index contributed by atoms with van der Waals surface area (Å²) >= 11 is 1.50. The van der Waals surface area contributed by atoms with Gasteiger partial charge in [-0.05, 0) is 53.8 Å². The summed E-state index contributed by atoms with van der Waals surface area (Å²) < 4.78 is 24.9. The smallest absolute Gasteiger partial charge is 0.322 e. The van der Waals surface area contributed by atoms with Crippen LogP contribution in [0, 0.1) is 5.82 Å². The van der Waals surface area contributed by atoms with Crippen LogP contribution in [-0.4, -0.2) is 28.2 Å². The van der Waals surface area contributed by atoms with Crippen LogP contribution in [0.25, 0.3) is 16.3 Å². The second-order valence-electron chi connectivity index (χ2n) is 7.77. The molecule has 2 aromatic heterocycles. The first-order valence-electron chi connectivity index (χ1n) is 10.6. The number of halogens is 1. The Labute approximate surface area is 199 Å². The zero-order chi connectivity index (χ0) is 23.7. The van der Waals surface area contributed by atoms with Gasteiger partial charge in [-0.15, -0.1) is 11.3 Å². The summed E-state index contributed by atoms with van der Waals surface area (Å²) in [5.41, 5.74) is 2.77. The number of hydrogen-bond acceptors (Lipinski definition) is 6. The number of urea groups is 1. The molecule has 172 valence electrons. The number of hydrogen-bond donors (Lipinski definition) is 1. The van der Waals surface area contributed by atoms with E-state index >= 15 is 0 Å². The van der Waals surface area contributed by atoms with Crippen LogP contribution in [0.3, 0.4) is 0 Å². The fourth-order valence-electron chi connectivity index (χ4n) is 3.94. The molecule has 0 fully saturated rings. The summed E-state index contributed by atoms with van der Waals surface area (Å²) in [7, 11) is 1.60. The van der Waals surface area contributed by atoms with Crippen molar-refractivity contribution in [2.24, 2.45) is 0 Å². The number of aromatic nitrogens is 2. The molecule has 0 bridgehead atoms. The normalized spacial score (nSPS) is 16.0. The third kappa shape index (κ3) is 4.17. The highest BCUT2D eigenvalue weighted by Crippen LogP contribution is 2.38. The van der Waals surface area contributed by atoms with Gasteiger partial charge in [0.25, 0.3) is 5.89 Å². The fraction of sp³-hybridized carbons (Fsp3) is 0.160. The van der Waals surface area contributed by atoms with Gasteiger partial charge in [-0.2, -0.15) is 4.98 Å². The first kappa shape index (κ1) is 21.8. The predicted octanol–water partition coefficient (Wildman–Crippen LogP) is 5.64. The molecule has 1 aliphatic heterocycles. The molecule has 5 rings (SSSR count). The molecular formula is C25H21FN4O3S. The van der Waals surface area contributed by atoms with Gasteiger partial charge < -0.3 is 14.6 Å². The monoisotopic (exact) mass is 476 g/mol. The van der Waals surface area contributed by atoms with Crippen molar-refractivity contribution in [3.8, 4) is 16.5 Å². The lowest BCUT2D eigenvalue weighted by Crippen LogP contribution is -2.45. The summed E-state index contributed by atoms with van der Waals surface area (Å²) in [6.45, 7) is 2.16. The summed E-state index contributed by atoms with van der Waals surface area (Å²) in [4.78, 5) is 20.2. The van der Waals surface area contributed by atoms with Crippen LogP contribution >= 0.6 is 11.3 Å². The molecule has 2 amide bonds. The van der Waals surface area contributed by atoms with E-state index in [-0.39, 0.29) is 11.9 Å². The van der Waals surface area contributed by atoms with Crippen LogP contribution in [-0.2, 0) is 6.54 Å². The van der Waals surface area contributed by atoms with Crippen molar-refractivity contribution in [3.63, 3.8) is 0 Å². The highest BCUT2D eigenvalue weighted by Gasteiger charge is 2.36. The van der Waals surface area contributed by atoms with Crippen LogP contribution in [0.5, 0.6) is 5.75 Å². The minimum atomic E-state index is -0.646. The Morgan fingerprint density at radius 1 is 1.18 bits per heavy atom. The lowest BCUT2D eigenvalue weighted by molar-refractivity contribution is 0.203. The molecule has 0 saturated carbocycles. The van der Waals surface area contributed by atoms with Gasteiger partial charge in [0.05, 0.1) is 30.1 Å². The SMILES string of the molecule is COc1ccc(CN2C(=O)NC(c3cccc(F)c3)C(c3nc(-c4cccs4)no3)=C2C)cc1. The highest BCUT2D eigenvalue weighted by molar-refractivity contribution is 7.13. The Morgan fingerprint density at radius 3 is 2.71 bits per heavy atom. The van der Waals surface area contributed by atoms with Crippen molar-refractivity contribution in [2.75, 3.05) is 7.11 Å². The van der Waals surface area contributed by atoms with E-state index in [2.05, 4.69) is 15.5 Å². The standard InChI is InChI=1S/C25H21FN4O3S/c1-15-21(24-28-23(29-33-24)20-7-4-12-34-20)22(17-5-3-6-18(26)13-17)27-25(31)30(15)14-16-8-10-19(32-2)11-9-16/h3-13,22H,14H2,1-2H3,(H,27,31). The molecule has 1 unspecified atom stereocenters. The number of rotatable bonds is 6. The molecule has 1 atom stereocenters. The number of carbonyl (C=O) groups excluding carboxylic acids is 1. The van der Waals surface area contributed by atoms with Crippen molar-refractivity contribution in [1.29, 1.82) is 0 Å². The van der Waals surface area contributed by atoms with E-state index < -0.39 is 11.9 Å². The molecule has 3 heterocycles. The molecule has 0 radical (unpaired) electrons. The van der Waals surface area contributed by atoms with Crippen LogP contribution in [0.2, 0.25) is 0 Å². The summed E-state index contributed by atoms with van der Waals surface area (Å²) in [5.74, 6) is 1.07. The number of ether oxygens (including phenoxy) is 1. The van der Waals surface area contributed by atoms with E-state index in [1.165, 1.54) is 23.5 Å². The van der Waals surface area contributed by atoms with Crippen molar-refractivity contribution >= 4 is 22.9 Å². The molecular weight excluding hydrogens is 455 g/mol. The maximum absolute atomic E-state index is 14.1. The van der Waals surface area contributed by atoms with E-state index in [9.17, 15) is 9.18 Å². The number of benzene rings is 2. The van der Waals surface area contributed by atoms with E-state index in [0.717, 1.165) is 16.2 Å². The van der Waals surface area contributed by atoms with Crippen LogP contribution in [0.1, 0.15) is 30.0 Å². The third-order valence-corrected chi connectivity index (χ3v) is 6.54. The van der Waals surface area contributed by atoms with Crippen LogP contribution in [0.15, 0.2) is 76.3 Å². The minimum absolute atomic E-state index is 0.273. The van der Waals surface area contributed by atoms with Gasteiger partial charge in [-0.3, -0.25) is 4.90 Å². The van der Waals surface area contributed by atoms with Gasteiger partial charge in [0.15, 0.2) is 0 Å². The fourth-order valence-corrected chi connectivity index (χ4v) is 4.59. The number of carbonyl (C=O) groups is 1. The van der Waals surface area contributed by atoms with Crippen LogP contribution < -0.4 is 10.1 Å². The molecule has 0 spiro atoms. The Hall–Kier alpha value is -3.98. The Bertz CT molecular complexity index is 1350. The van der Waals surface area contributed by atoms with Gasteiger partial charge in [-0.1, -0.05) is 35.5 Å². The average Bonchev–Trinajstić information content (AvgIpc) is 3.54. The lowest BCUT2D eigenvalue weighted by atomic mass is 9.94. The first-order chi connectivity index (χ1) is 16.5. The minimum Gasteiger partial charge on any atom is -0.497 e. The lowest BCUT2D eigenvalue weighted by Gasteiger charge is -2.35. The number of amides is 2. The van der Waals surface area contributed by atoms with E-state index in [1.807, 2.05) is 48.7 Å². The summed E-state index contributed by atoms with van der Waals surface area (Å²) in [6, 6.07) is 16.5. The second kappa shape index (κ2) is 9.11. The van der Waals surface area contributed by atoms with Gasteiger partial charge >= 0.3 is 6.03 Å². The summed E-state index contributed by atoms with van der Waals surface area (Å²) in [6.07, 6.45) is 0. The molecule has 2 aromatic carbocycles. The van der Waals surface area contributed by atoms with Crippen molar-refractivity contribution in [2.45, 2.75) is 19.5 Å². The highest BCUT2D eigenvalue weighted by atomic mass is 32.1. The van der Waals surface area contributed by atoms with E-state index in [0.29, 0.717) is 29.2 Å². The van der Waals surface area contributed by atoms with Gasteiger partial charge in [-0.25, -0.2) is 9.18 Å². The molecule has 1 N–H and O–H groups in total. The molecule has 0 saturated heterocycles. The molecule has 7 nitrogen and oxygen atoms in total. The van der Waals surface area contributed by atoms with Gasteiger partial charge in [0.1, 0.15) is 11.6 Å². The predicted molar refractivity (Wildman–Crippen MR) is 126 cm³/mol. The topological polar surface area (TPSA) is 80.5 Å². The van der Waals surface area contributed by atoms with Crippen molar-refractivity contribution in [1.82, 2.24) is 20.4 Å². The molecule has 0 aliphatic carbocycles.